The fourth-order valence-electron chi connectivity index (χ4n) is 8.50. The number of phenols is 1. The van der Waals surface area contributed by atoms with Crippen molar-refractivity contribution < 1.29 is 9.90 Å². The molecular formula is C31H36N2O2. The Labute approximate surface area is 208 Å². The molecule has 1 saturated heterocycles. The van der Waals surface area contributed by atoms with Crippen LogP contribution in [0.5, 0.6) is 5.75 Å². The summed E-state index contributed by atoms with van der Waals surface area (Å²) in [7, 11) is 2.03. The van der Waals surface area contributed by atoms with E-state index < -0.39 is 0 Å². The fraction of sp³-hybridized carbons (Fsp3) is 0.516. The molecule has 5 atom stereocenters. The highest BCUT2D eigenvalue weighted by atomic mass is 16.3. The molecule has 2 aromatic carbocycles. The zero-order valence-electron chi connectivity index (χ0n) is 20.7. The maximum Gasteiger partial charge on any atom is 0.227 e. The molecule has 1 aliphatic heterocycles. The number of carbonyl (C=O) groups excluding carboxylic acids is 1. The summed E-state index contributed by atoms with van der Waals surface area (Å²) < 4.78 is 0. The molecule has 7 rings (SSSR count). The minimum absolute atomic E-state index is 0.0268. The zero-order valence-corrected chi connectivity index (χ0v) is 20.7. The third-order valence-corrected chi connectivity index (χ3v) is 10.3. The van der Waals surface area contributed by atoms with Gasteiger partial charge in [-0.25, -0.2) is 0 Å². The van der Waals surface area contributed by atoms with E-state index in [1.165, 1.54) is 30.5 Å². The predicted octanol–water partition coefficient (Wildman–Crippen LogP) is 4.71. The summed E-state index contributed by atoms with van der Waals surface area (Å²) in [6.07, 6.45) is 12.6. The molecule has 4 aliphatic carbocycles. The number of hydrogen-bond acceptors (Lipinski definition) is 3. The highest BCUT2D eigenvalue weighted by molar-refractivity contribution is 5.79. The summed E-state index contributed by atoms with van der Waals surface area (Å²) >= 11 is 0. The van der Waals surface area contributed by atoms with Gasteiger partial charge in [-0.3, -0.25) is 9.69 Å². The van der Waals surface area contributed by atoms with Crippen LogP contribution >= 0.6 is 0 Å². The number of aromatic hydroxyl groups is 1. The standard InChI is InChI=1S/C31H36N2O2/c1-32(29(35)15-21-5-3-2-4-6-21)27-19-30-13-14-33(20-22-7-8-22)28-12-10-24(27)18-31(28,30)17-23-9-11-25(34)16-26(23)30/h2-6,9-12,16,22,24,27-28,34H,7-8,13-15,17-20H2,1H3/t24-,27-,28+,30-,31-/m1/s1. The van der Waals surface area contributed by atoms with Gasteiger partial charge in [0, 0.05) is 36.5 Å². The van der Waals surface area contributed by atoms with Crippen molar-refractivity contribution in [2.24, 2.45) is 17.3 Å². The maximum absolute atomic E-state index is 13.5. The molecule has 0 radical (unpaired) electrons. The normalized spacial score (nSPS) is 34.8. The maximum atomic E-state index is 13.5. The summed E-state index contributed by atoms with van der Waals surface area (Å²) in [4.78, 5) is 18.3. The molecule has 2 saturated carbocycles. The van der Waals surface area contributed by atoms with Crippen molar-refractivity contribution in [3.8, 4) is 5.75 Å². The first-order valence-electron chi connectivity index (χ1n) is 13.5. The number of amides is 1. The largest absolute Gasteiger partial charge is 0.508 e. The number of phenolic OH excluding ortho intramolecular Hbond substituents is 1. The van der Waals surface area contributed by atoms with Crippen LogP contribution in [-0.4, -0.2) is 53.0 Å². The summed E-state index contributed by atoms with van der Waals surface area (Å²) in [6.45, 7) is 2.35. The van der Waals surface area contributed by atoms with E-state index in [0.29, 0.717) is 24.1 Å². The van der Waals surface area contributed by atoms with Crippen LogP contribution in [-0.2, 0) is 23.1 Å². The number of nitrogens with zero attached hydrogens (tertiary/aromatic N) is 2. The molecule has 2 bridgehead atoms. The van der Waals surface area contributed by atoms with E-state index >= 15 is 0 Å². The smallest absolute Gasteiger partial charge is 0.227 e. The minimum Gasteiger partial charge on any atom is -0.508 e. The fourth-order valence-corrected chi connectivity index (χ4v) is 8.50. The van der Waals surface area contributed by atoms with Crippen molar-refractivity contribution >= 4 is 5.91 Å². The van der Waals surface area contributed by atoms with Gasteiger partial charge < -0.3 is 10.0 Å². The van der Waals surface area contributed by atoms with Crippen LogP contribution in [0.25, 0.3) is 0 Å². The Balaban J connectivity index is 1.27. The molecule has 3 fully saturated rings. The lowest BCUT2D eigenvalue weighted by atomic mass is 9.45. The number of rotatable bonds is 5. The molecule has 4 nitrogen and oxygen atoms in total. The highest BCUT2D eigenvalue weighted by Gasteiger charge is 2.68. The van der Waals surface area contributed by atoms with E-state index in [1.54, 1.807) is 0 Å². The molecule has 0 unspecified atom stereocenters. The molecule has 1 heterocycles. The van der Waals surface area contributed by atoms with Crippen molar-refractivity contribution in [2.75, 3.05) is 20.1 Å². The number of likely N-dealkylation sites (tertiary alicyclic amines) is 1. The summed E-state index contributed by atoms with van der Waals surface area (Å²) in [5.74, 6) is 1.87. The first-order valence-corrected chi connectivity index (χ1v) is 13.5. The average molecular weight is 469 g/mol. The summed E-state index contributed by atoms with van der Waals surface area (Å²) in [6, 6.07) is 16.9. The van der Waals surface area contributed by atoms with Crippen molar-refractivity contribution in [3.63, 3.8) is 0 Å². The number of hydrogen-bond donors (Lipinski definition) is 1. The number of fused-ring (bicyclic) bond motifs is 2. The van der Waals surface area contributed by atoms with Crippen LogP contribution in [0.4, 0.5) is 0 Å². The third-order valence-electron chi connectivity index (χ3n) is 10.3. The van der Waals surface area contributed by atoms with E-state index in [-0.39, 0.29) is 22.8 Å². The van der Waals surface area contributed by atoms with E-state index in [0.717, 1.165) is 43.7 Å². The molecule has 2 aromatic rings. The molecule has 182 valence electrons. The van der Waals surface area contributed by atoms with Crippen molar-refractivity contribution in [1.29, 1.82) is 0 Å². The van der Waals surface area contributed by atoms with Gasteiger partial charge in [0.1, 0.15) is 5.75 Å². The first-order chi connectivity index (χ1) is 17.0. The SMILES string of the molecule is CN(C(=O)Cc1ccccc1)[C@@H]1C[C@@]23CCN(CC4CC4)[C@H]4C=C[C@@H]1C[C@]42Cc1ccc(O)cc13. The topological polar surface area (TPSA) is 43.8 Å². The molecule has 1 N–H and O–H groups in total. The molecule has 4 heteroatoms. The Morgan fingerprint density at radius 1 is 1.11 bits per heavy atom. The van der Waals surface area contributed by atoms with Crippen LogP contribution in [0.1, 0.15) is 48.8 Å². The van der Waals surface area contributed by atoms with Crippen LogP contribution in [0, 0.1) is 17.3 Å². The van der Waals surface area contributed by atoms with Gasteiger partial charge in [-0.05, 0) is 85.7 Å². The third kappa shape index (κ3) is 3.18. The van der Waals surface area contributed by atoms with Gasteiger partial charge in [0.2, 0.25) is 5.91 Å². The quantitative estimate of drug-likeness (QED) is 0.647. The Morgan fingerprint density at radius 2 is 1.94 bits per heavy atom. The lowest BCUT2D eigenvalue weighted by Gasteiger charge is -2.65. The monoisotopic (exact) mass is 468 g/mol. The van der Waals surface area contributed by atoms with Crippen molar-refractivity contribution in [3.05, 3.63) is 77.4 Å². The zero-order chi connectivity index (χ0) is 23.8. The predicted molar refractivity (Wildman–Crippen MR) is 137 cm³/mol. The number of piperidine rings is 1. The highest BCUT2D eigenvalue weighted by Crippen LogP contribution is 2.68. The molecule has 35 heavy (non-hydrogen) atoms. The summed E-state index contributed by atoms with van der Waals surface area (Å²) in [5, 5.41) is 10.5. The number of likely N-dealkylation sites (N-methyl/N-ethyl adjacent to an activating group) is 1. The number of carbonyl (C=O) groups is 1. The Bertz CT molecular complexity index is 1190. The van der Waals surface area contributed by atoms with E-state index in [9.17, 15) is 9.90 Å². The lowest BCUT2D eigenvalue weighted by molar-refractivity contribution is -0.139. The van der Waals surface area contributed by atoms with Gasteiger partial charge >= 0.3 is 0 Å². The van der Waals surface area contributed by atoms with E-state index in [4.69, 9.17) is 0 Å². The second kappa shape index (κ2) is 7.70. The molecular weight excluding hydrogens is 432 g/mol. The van der Waals surface area contributed by atoms with Gasteiger partial charge in [0.15, 0.2) is 0 Å². The molecule has 1 spiro atoms. The van der Waals surface area contributed by atoms with Crippen LogP contribution in [0.15, 0.2) is 60.7 Å². The summed E-state index contributed by atoms with van der Waals surface area (Å²) in [5.41, 5.74) is 4.08. The van der Waals surface area contributed by atoms with Crippen LogP contribution in [0.2, 0.25) is 0 Å². The van der Waals surface area contributed by atoms with Gasteiger partial charge in [-0.1, -0.05) is 48.6 Å². The Hall–Kier alpha value is -2.59. The minimum atomic E-state index is 0.0268. The van der Waals surface area contributed by atoms with E-state index in [1.807, 2.05) is 43.4 Å². The van der Waals surface area contributed by atoms with Gasteiger partial charge in [0.05, 0.1) is 6.42 Å². The average Bonchev–Trinajstić information content (AvgIpc) is 3.64. The lowest BCUT2D eigenvalue weighted by Crippen LogP contribution is -2.68. The molecule has 1 amide bonds. The Kier molecular flexibility index (Phi) is 4.77. The number of benzene rings is 2. The van der Waals surface area contributed by atoms with Crippen LogP contribution in [0.3, 0.4) is 0 Å². The first kappa shape index (κ1) is 21.7. The van der Waals surface area contributed by atoms with E-state index in [2.05, 4.69) is 34.1 Å². The second-order valence-electron chi connectivity index (χ2n) is 12.1. The Morgan fingerprint density at radius 3 is 2.74 bits per heavy atom. The second-order valence-corrected chi connectivity index (χ2v) is 12.1. The van der Waals surface area contributed by atoms with Gasteiger partial charge in [0.25, 0.3) is 0 Å². The van der Waals surface area contributed by atoms with Crippen molar-refractivity contribution in [2.45, 2.75) is 62.4 Å². The van der Waals surface area contributed by atoms with Crippen molar-refractivity contribution in [1.82, 2.24) is 9.80 Å². The van der Waals surface area contributed by atoms with Gasteiger partial charge in [-0.2, -0.15) is 0 Å². The molecule has 0 aromatic heterocycles. The van der Waals surface area contributed by atoms with Crippen LogP contribution < -0.4 is 0 Å². The van der Waals surface area contributed by atoms with Gasteiger partial charge in [-0.15, -0.1) is 0 Å². The molecule has 5 aliphatic rings.